The maximum atomic E-state index is 6.24. The lowest BCUT2D eigenvalue weighted by Gasteiger charge is -2.22. The van der Waals surface area contributed by atoms with Gasteiger partial charge in [-0.2, -0.15) is 4.98 Å². The van der Waals surface area contributed by atoms with Crippen molar-refractivity contribution in [2.45, 2.75) is 63.9 Å². The van der Waals surface area contributed by atoms with E-state index in [9.17, 15) is 0 Å². The van der Waals surface area contributed by atoms with Gasteiger partial charge >= 0.3 is 0 Å². The minimum absolute atomic E-state index is 0.329. The molecule has 23 heavy (non-hydrogen) atoms. The summed E-state index contributed by atoms with van der Waals surface area (Å²) in [5.41, 5.74) is 3.56. The number of rotatable bonds is 5. The highest BCUT2D eigenvalue weighted by molar-refractivity contribution is 5.84. The summed E-state index contributed by atoms with van der Waals surface area (Å²) in [6.07, 6.45) is 9.03. The van der Waals surface area contributed by atoms with Crippen LogP contribution < -0.4 is 9.47 Å². The summed E-state index contributed by atoms with van der Waals surface area (Å²) in [6.45, 7) is 2.75. The van der Waals surface area contributed by atoms with Gasteiger partial charge in [0.25, 0.3) is 6.01 Å². The number of hydrogen-bond acceptors (Lipinski definition) is 3. The minimum Gasteiger partial charge on any atom is -0.494 e. The van der Waals surface area contributed by atoms with Crippen molar-refractivity contribution in [1.82, 2.24) is 9.55 Å². The van der Waals surface area contributed by atoms with Crippen LogP contribution in [0.1, 0.15) is 63.4 Å². The van der Waals surface area contributed by atoms with Gasteiger partial charge in [-0.05, 0) is 63.5 Å². The van der Waals surface area contributed by atoms with Gasteiger partial charge in [0.15, 0.2) is 0 Å². The van der Waals surface area contributed by atoms with Gasteiger partial charge in [-0.1, -0.05) is 6.42 Å². The molecule has 1 aromatic carbocycles. The Morgan fingerprint density at radius 1 is 1.13 bits per heavy atom. The smallest absolute Gasteiger partial charge is 0.297 e. The Hall–Kier alpha value is -1.71. The first-order valence-electron chi connectivity index (χ1n) is 9.06. The molecule has 124 valence electrons. The van der Waals surface area contributed by atoms with E-state index in [-0.39, 0.29) is 0 Å². The number of imidazole rings is 1. The first-order chi connectivity index (χ1) is 11.3. The molecule has 4 heteroatoms. The number of nitrogens with zero attached hydrogens (tertiary/aromatic N) is 2. The fraction of sp³-hybridized carbons (Fsp3) is 0.632. The third kappa shape index (κ3) is 2.79. The van der Waals surface area contributed by atoms with Crippen LogP contribution >= 0.6 is 0 Å². The zero-order valence-electron chi connectivity index (χ0n) is 14.2. The molecule has 0 amide bonds. The zero-order chi connectivity index (χ0) is 15.8. The summed E-state index contributed by atoms with van der Waals surface area (Å²) >= 11 is 0. The van der Waals surface area contributed by atoms with E-state index in [0.717, 1.165) is 30.1 Å². The second kappa shape index (κ2) is 6.06. The van der Waals surface area contributed by atoms with Gasteiger partial charge in [0.1, 0.15) is 11.9 Å². The molecule has 0 atom stereocenters. The molecule has 0 bridgehead atoms. The molecular weight excluding hydrogens is 288 g/mol. The van der Waals surface area contributed by atoms with Gasteiger partial charge in [0.05, 0.1) is 17.6 Å². The van der Waals surface area contributed by atoms with Crippen LogP contribution in [0.2, 0.25) is 0 Å². The maximum Gasteiger partial charge on any atom is 0.297 e. The quantitative estimate of drug-likeness (QED) is 0.811. The number of aromatic nitrogens is 2. The molecule has 0 N–H and O–H groups in total. The van der Waals surface area contributed by atoms with E-state index in [4.69, 9.17) is 14.5 Å². The van der Waals surface area contributed by atoms with E-state index < -0.39 is 0 Å². The van der Waals surface area contributed by atoms with Crippen molar-refractivity contribution in [3.05, 3.63) is 17.7 Å². The average Bonchev–Trinajstić information content (AvgIpc) is 3.35. The second-order valence-corrected chi connectivity index (χ2v) is 6.88. The van der Waals surface area contributed by atoms with Crippen LogP contribution in [-0.2, 0) is 7.05 Å². The van der Waals surface area contributed by atoms with Crippen LogP contribution in [-0.4, -0.2) is 22.3 Å². The second-order valence-electron chi connectivity index (χ2n) is 6.88. The highest BCUT2D eigenvalue weighted by atomic mass is 16.5. The highest BCUT2D eigenvalue weighted by Crippen LogP contribution is 2.48. The molecule has 2 saturated carbocycles. The SMILES string of the molecule is CCOc1ccc2nc(OC3CCCCC3)n(C)c2c1C1CC1. The maximum absolute atomic E-state index is 6.24. The molecule has 2 aliphatic carbocycles. The minimum atomic E-state index is 0.329. The summed E-state index contributed by atoms with van der Waals surface area (Å²) in [5.74, 6) is 1.65. The van der Waals surface area contributed by atoms with Gasteiger partial charge in [-0.25, -0.2) is 0 Å². The predicted octanol–water partition coefficient (Wildman–Crippen LogP) is 4.56. The van der Waals surface area contributed by atoms with Crippen molar-refractivity contribution in [3.8, 4) is 11.8 Å². The van der Waals surface area contributed by atoms with E-state index in [2.05, 4.69) is 23.7 Å². The van der Waals surface area contributed by atoms with Crippen LogP contribution in [0, 0.1) is 0 Å². The van der Waals surface area contributed by atoms with Crippen molar-refractivity contribution < 1.29 is 9.47 Å². The summed E-state index contributed by atoms with van der Waals surface area (Å²) in [5, 5.41) is 0. The molecule has 0 unspecified atom stereocenters. The third-order valence-electron chi connectivity index (χ3n) is 5.10. The fourth-order valence-corrected chi connectivity index (χ4v) is 3.78. The largest absolute Gasteiger partial charge is 0.494 e. The number of aryl methyl sites for hydroxylation is 1. The van der Waals surface area contributed by atoms with Crippen molar-refractivity contribution in [1.29, 1.82) is 0 Å². The first kappa shape index (κ1) is 14.9. The molecule has 2 aromatic rings. The van der Waals surface area contributed by atoms with Gasteiger partial charge in [0, 0.05) is 12.6 Å². The third-order valence-corrected chi connectivity index (χ3v) is 5.10. The molecule has 2 aliphatic rings. The molecule has 0 spiro atoms. The number of fused-ring (bicyclic) bond motifs is 1. The van der Waals surface area contributed by atoms with E-state index in [1.807, 2.05) is 6.92 Å². The monoisotopic (exact) mass is 314 g/mol. The van der Waals surface area contributed by atoms with Gasteiger partial charge in [-0.3, -0.25) is 4.57 Å². The standard InChI is InChI=1S/C19H26N2O2/c1-3-22-16-12-11-15-18(17(16)13-9-10-13)21(2)19(20-15)23-14-7-5-4-6-8-14/h11-14H,3-10H2,1-2H3. The van der Waals surface area contributed by atoms with Gasteiger partial charge in [-0.15, -0.1) is 0 Å². The molecule has 2 fully saturated rings. The summed E-state index contributed by atoms with van der Waals surface area (Å²) in [7, 11) is 2.08. The van der Waals surface area contributed by atoms with Crippen LogP contribution in [0.25, 0.3) is 11.0 Å². The van der Waals surface area contributed by atoms with Gasteiger partial charge in [0.2, 0.25) is 0 Å². The van der Waals surface area contributed by atoms with Crippen LogP contribution in [0.3, 0.4) is 0 Å². The lowest BCUT2D eigenvalue weighted by Crippen LogP contribution is -2.21. The molecule has 0 saturated heterocycles. The van der Waals surface area contributed by atoms with Crippen molar-refractivity contribution in [2.24, 2.45) is 7.05 Å². The average molecular weight is 314 g/mol. The highest BCUT2D eigenvalue weighted by Gasteiger charge is 2.31. The lowest BCUT2D eigenvalue weighted by atomic mass is 9.98. The summed E-state index contributed by atoms with van der Waals surface area (Å²) < 4.78 is 14.3. The molecule has 4 rings (SSSR count). The molecule has 1 heterocycles. The van der Waals surface area contributed by atoms with Crippen molar-refractivity contribution in [3.63, 3.8) is 0 Å². The van der Waals surface area contributed by atoms with Crippen molar-refractivity contribution >= 4 is 11.0 Å². The summed E-state index contributed by atoms with van der Waals surface area (Å²) in [4.78, 5) is 4.76. The number of ether oxygens (including phenoxy) is 2. The zero-order valence-corrected chi connectivity index (χ0v) is 14.2. The van der Waals surface area contributed by atoms with E-state index >= 15 is 0 Å². The summed E-state index contributed by atoms with van der Waals surface area (Å²) in [6, 6.07) is 4.92. The van der Waals surface area contributed by atoms with Gasteiger partial charge < -0.3 is 9.47 Å². The van der Waals surface area contributed by atoms with Crippen LogP contribution in [0.5, 0.6) is 11.8 Å². The molecule has 0 aliphatic heterocycles. The number of hydrogen-bond donors (Lipinski definition) is 0. The van der Waals surface area contributed by atoms with E-state index in [1.165, 1.54) is 43.2 Å². The molecule has 1 aromatic heterocycles. The topological polar surface area (TPSA) is 36.3 Å². The Morgan fingerprint density at radius 2 is 1.91 bits per heavy atom. The van der Waals surface area contributed by atoms with Crippen LogP contribution in [0.15, 0.2) is 12.1 Å². The van der Waals surface area contributed by atoms with Crippen molar-refractivity contribution in [2.75, 3.05) is 6.61 Å². The molecule has 0 radical (unpaired) electrons. The first-order valence-corrected chi connectivity index (χ1v) is 9.06. The van der Waals surface area contributed by atoms with Crippen LogP contribution in [0.4, 0.5) is 0 Å². The van der Waals surface area contributed by atoms with E-state index in [1.54, 1.807) is 0 Å². The van der Waals surface area contributed by atoms with E-state index in [0.29, 0.717) is 18.6 Å². The Kier molecular flexibility index (Phi) is 3.92. The normalized spacial score (nSPS) is 19.2. The molecule has 4 nitrogen and oxygen atoms in total. The lowest BCUT2D eigenvalue weighted by molar-refractivity contribution is 0.138. The molecular formula is C19H26N2O2. The Labute approximate surface area is 137 Å². The Morgan fingerprint density at radius 3 is 2.61 bits per heavy atom. The fourth-order valence-electron chi connectivity index (χ4n) is 3.78. The Bertz CT molecular complexity index is 697. The number of benzene rings is 1. The Balaban J connectivity index is 1.73. The predicted molar refractivity (Wildman–Crippen MR) is 91.4 cm³/mol.